The van der Waals surface area contributed by atoms with Gasteiger partial charge >= 0.3 is 7.12 Å². The van der Waals surface area contributed by atoms with E-state index in [-0.39, 0.29) is 7.12 Å². The molecular formula is C13H18BNO3. The molecule has 0 bridgehead atoms. The first-order chi connectivity index (χ1) is 8.92. The second-order valence-corrected chi connectivity index (χ2v) is 4.70. The topological polar surface area (TPSA) is 30.9 Å². The van der Waals surface area contributed by atoms with Gasteiger partial charge in [0.1, 0.15) is 0 Å². The standard InChI is InChI=1S/C13H18BNO3/c1-3-13(14-17-9-10-18-14)4-2-12(1)11-15-5-7-16-8-6-15/h1-4H,5-11H2. The van der Waals surface area contributed by atoms with Crippen molar-refractivity contribution in [3.05, 3.63) is 29.8 Å². The second kappa shape index (κ2) is 5.84. The zero-order chi connectivity index (χ0) is 12.2. The van der Waals surface area contributed by atoms with E-state index in [0.717, 1.165) is 38.3 Å². The van der Waals surface area contributed by atoms with Gasteiger partial charge in [-0.2, -0.15) is 0 Å². The Hall–Kier alpha value is -0.875. The second-order valence-electron chi connectivity index (χ2n) is 4.70. The van der Waals surface area contributed by atoms with Crippen LogP contribution in [0.1, 0.15) is 5.56 Å². The molecule has 2 aliphatic heterocycles. The highest BCUT2D eigenvalue weighted by atomic mass is 16.6. The monoisotopic (exact) mass is 247 g/mol. The van der Waals surface area contributed by atoms with E-state index in [1.165, 1.54) is 5.56 Å². The molecule has 0 amide bonds. The van der Waals surface area contributed by atoms with Gasteiger partial charge in [0.25, 0.3) is 0 Å². The molecule has 4 nitrogen and oxygen atoms in total. The summed E-state index contributed by atoms with van der Waals surface area (Å²) < 4.78 is 16.3. The fourth-order valence-electron chi connectivity index (χ4n) is 2.35. The summed E-state index contributed by atoms with van der Waals surface area (Å²) in [6.45, 7) is 6.13. The molecule has 96 valence electrons. The maximum atomic E-state index is 5.48. The van der Waals surface area contributed by atoms with Crippen LogP contribution in [0.15, 0.2) is 24.3 Å². The molecule has 1 aromatic carbocycles. The summed E-state index contributed by atoms with van der Waals surface area (Å²) in [7, 11) is -0.164. The van der Waals surface area contributed by atoms with Crippen LogP contribution in [0.4, 0.5) is 0 Å². The molecule has 0 atom stereocenters. The third kappa shape index (κ3) is 2.92. The minimum absolute atomic E-state index is 0.164. The first-order valence-corrected chi connectivity index (χ1v) is 6.54. The molecule has 0 aliphatic carbocycles. The van der Waals surface area contributed by atoms with Crippen LogP contribution >= 0.6 is 0 Å². The van der Waals surface area contributed by atoms with Crippen LogP contribution in [0.5, 0.6) is 0 Å². The third-order valence-corrected chi connectivity index (χ3v) is 3.38. The van der Waals surface area contributed by atoms with Crippen LogP contribution in [0.25, 0.3) is 0 Å². The van der Waals surface area contributed by atoms with Crippen molar-refractivity contribution in [3.63, 3.8) is 0 Å². The Labute approximate surface area is 108 Å². The average molecular weight is 247 g/mol. The predicted octanol–water partition coefficient (Wildman–Crippen LogP) is 0.261. The van der Waals surface area contributed by atoms with Crippen LogP contribution in [0.3, 0.4) is 0 Å². The molecule has 0 spiro atoms. The van der Waals surface area contributed by atoms with Crippen LogP contribution in [0.2, 0.25) is 0 Å². The smallest absolute Gasteiger partial charge is 0.405 e. The van der Waals surface area contributed by atoms with Gasteiger partial charge in [0.2, 0.25) is 0 Å². The lowest BCUT2D eigenvalue weighted by atomic mass is 9.79. The summed E-state index contributed by atoms with van der Waals surface area (Å²) in [5.74, 6) is 0. The fourth-order valence-corrected chi connectivity index (χ4v) is 2.35. The minimum atomic E-state index is -0.164. The van der Waals surface area contributed by atoms with E-state index in [9.17, 15) is 0 Å². The molecule has 0 radical (unpaired) electrons. The van der Waals surface area contributed by atoms with Gasteiger partial charge in [-0.3, -0.25) is 4.90 Å². The summed E-state index contributed by atoms with van der Waals surface area (Å²) in [5, 5.41) is 0. The van der Waals surface area contributed by atoms with Gasteiger partial charge in [-0.25, -0.2) is 0 Å². The van der Waals surface area contributed by atoms with Gasteiger partial charge in [0, 0.05) is 19.6 Å². The SMILES string of the molecule is c1cc(B2OCCO2)ccc1CN1CCOCC1. The zero-order valence-electron chi connectivity index (χ0n) is 10.5. The molecule has 2 saturated heterocycles. The summed E-state index contributed by atoms with van der Waals surface area (Å²) in [4.78, 5) is 2.42. The molecule has 18 heavy (non-hydrogen) atoms. The maximum absolute atomic E-state index is 5.48. The van der Waals surface area contributed by atoms with Gasteiger partial charge in [0.05, 0.1) is 26.4 Å². The van der Waals surface area contributed by atoms with Crippen molar-refractivity contribution in [2.45, 2.75) is 6.54 Å². The number of morpholine rings is 1. The van der Waals surface area contributed by atoms with Crippen molar-refractivity contribution >= 4 is 12.6 Å². The van der Waals surface area contributed by atoms with Gasteiger partial charge in [0.15, 0.2) is 0 Å². The van der Waals surface area contributed by atoms with E-state index in [2.05, 4.69) is 29.2 Å². The lowest BCUT2D eigenvalue weighted by Gasteiger charge is -2.26. The highest BCUT2D eigenvalue weighted by Crippen LogP contribution is 2.07. The minimum Gasteiger partial charge on any atom is -0.405 e. The van der Waals surface area contributed by atoms with E-state index in [0.29, 0.717) is 13.2 Å². The maximum Gasteiger partial charge on any atom is 0.494 e. The lowest BCUT2D eigenvalue weighted by Crippen LogP contribution is -2.36. The van der Waals surface area contributed by atoms with Crippen molar-refractivity contribution in [3.8, 4) is 0 Å². The lowest BCUT2D eigenvalue weighted by molar-refractivity contribution is 0.0342. The van der Waals surface area contributed by atoms with Crippen molar-refractivity contribution < 1.29 is 14.0 Å². The number of ether oxygens (including phenoxy) is 1. The number of hydrogen-bond donors (Lipinski definition) is 0. The van der Waals surface area contributed by atoms with E-state index in [1.807, 2.05) is 0 Å². The Morgan fingerprint density at radius 1 is 0.944 bits per heavy atom. The Bertz CT molecular complexity index is 372. The summed E-state index contributed by atoms with van der Waals surface area (Å²) >= 11 is 0. The molecule has 2 fully saturated rings. The van der Waals surface area contributed by atoms with E-state index in [4.69, 9.17) is 14.0 Å². The summed E-state index contributed by atoms with van der Waals surface area (Å²) in [5.41, 5.74) is 2.44. The highest BCUT2D eigenvalue weighted by Gasteiger charge is 2.25. The Kier molecular flexibility index (Phi) is 3.95. The first kappa shape index (κ1) is 12.2. The molecule has 1 aromatic rings. The van der Waals surface area contributed by atoms with Crippen molar-refractivity contribution in [1.29, 1.82) is 0 Å². The third-order valence-electron chi connectivity index (χ3n) is 3.38. The van der Waals surface area contributed by atoms with Gasteiger partial charge in [-0.15, -0.1) is 0 Å². The average Bonchev–Trinajstić information content (AvgIpc) is 2.95. The number of nitrogens with zero attached hydrogens (tertiary/aromatic N) is 1. The Morgan fingerprint density at radius 3 is 2.28 bits per heavy atom. The number of rotatable bonds is 3. The molecule has 5 heteroatoms. The van der Waals surface area contributed by atoms with Gasteiger partial charge in [-0.1, -0.05) is 24.3 Å². The van der Waals surface area contributed by atoms with Crippen molar-refractivity contribution in [1.82, 2.24) is 4.90 Å². The van der Waals surface area contributed by atoms with Gasteiger partial charge in [-0.05, 0) is 11.0 Å². The highest BCUT2D eigenvalue weighted by molar-refractivity contribution is 6.61. The van der Waals surface area contributed by atoms with E-state index in [1.54, 1.807) is 0 Å². The summed E-state index contributed by atoms with van der Waals surface area (Å²) in [6.07, 6.45) is 0. The predicted molar refractivity (Wildman–Crippen MR) is 69.8 cm³/mol. The van der Waals surface area contributed by atoms with E-state index < -0.39 is 0 Å². The molecule has 0 aromatic heterocycles. The molecule has 0 saturated carbocycles. The number of benzene rings is 1. The summed E-state index contributed by atoms with van der Waals surface area (Å²) in [6, 6.07) is 8.53. The molecule has 3 rings (SSSR count). The molecule has 0 unspecified atom stereocenters. The van der Waals surface area contributed by atoms with E-state index >= 15 is 0 Å². The molecule has 0 N–H and O–H groups in total. The normalized spacial score (nSPS) is 21.4. The Morgan fingerprint density at radius 2 is 1.61 bits per heavy atom. The van der Waals surface area contributed by atoms with Crippen LogP contribution in [0, 0.1) is 0 Å². The Balaban J connectivity index is 1.59. The quantitative estimate of drug-likeness (QED) is 0.717. The van der Waals surface area contributed by atoms with Crippen LogP contribution in [-0.4, -0.2) is 51.5 Å². The van der Waals surface area contributed by atoms with Crippen molar-refractivity contribution in [2.24, 2.45) is 0 Å². The molecule has 2 aliphatic rings. The molecular weight excluding hydrogens is 229 g/mol. The molecule has 2 heterocycles. The van der Waals surface area contributed by atoms with Crippen LogP contribution in [-0.2, 0) is 20.6 Å². The first-order valence-electron chi connectivity index (χ1n) is 6.54. The van der Waals surface area contributed by atoms with Crippen LogP contribution < -0.4 is 5.46 Å². The fraction of sp³-hybridized carbons (Fsp3) is 0.538. The number of hydrogen-bond acceptors (Lipinski definition) is 4. The van der Waals surface area contributed by atoms with Crippen molar-refractivity contribution in [2.75, 3.05) is 39.5 Å². The van der Waals surface area contributed by atoms with Gasteiger partial charge < -0.3 is 14.0 Å². The largest absolute Gasteiger partial charge is 0.494 e. The zero-order valence-corrected chi connectivity index (χ0v) is 10.5.